The predicted octanol–water partition coefficient (Wildman–Crippen LogP) is 5.94. The maximum absolute atomic E-state index is 12.1. The van der Waals surface area contributed by atoms with Crippen LogP contribution in [-0.2, 0) is 16.6 Å². The number of carbonyl (C=O) groups excluding carboxylic acids is 1. The van der Waals surface area contributed by atoms with Gasteiger partial charge in [-0.1, -0.05) is 78.6 Å². The Labute approximate surface area is 189 Å². The molecule has 0 saturated carbocycles. The molecule has 0 amide bonds. The van der Waals surface area contributed by atoms with Gasteiger partial charge in [0.2, 0.25) is 0 Å². The zero-order valence-corrected chi connectivity index (χ0v) is 18.3. The standard InChI is InChI=1S/C29H25NO2/c1-3-32-28(31)21-20-27-29(25-16-10-11-17-26(25)30(27)2)24(23-14-8-5-9-15-23)19-18-22-12-6-4-7-13-22/h4-17,20-21,24H,3H2,1-2H3/b21-20+. The summed E-state index contributed by atoms with van der Waals surface area (Å²) in [6.45, 7) is 2.15. The molecule has 0 aliphatic carbocycles. The highest BCUT2D eigenvalue weighted by atomic mass is 16.5. The number of para-hydroxylation sites is 1. The molecule has 0 aliphatic heterocycles. The van der Waals surface area contributed by atoms with Crippen LogP contribution < -0.4 is 0 Å². The number of esters is 1. The number of benzene rings is 3. The predicted molar refractivity (Wildman–Crippen MR) is 130 cm³/mol. The minimum atomic E-state index is -0.352. The minimum absolute atomic E-state index is 0.163. The van der Waals surface area contributed by atoms with E-state index in [4.69, 9.17) is 4.74 Å². The Morgan fingerprint density at radius 1 is 0.969 bits per heavy atom. The smallest absolute Gasteiger partial charge is 0.330 e. The van der Waals surface area contributed by atoms with Gasteiger partial charge in [-0.15, -0.1) is 0 Å². The molecule has 0 bridgehead atoms. The summed E-state index contributed by atoms with van der Waals surface area (Å²) >= 11 is 0. The normalized spacial score (nSPS) is 11.8. The van der Waals surface area contributed by atoms with Crippen LogP contribution in [0.25, 0.3) is 17.0 Å². The van der Waals surface area contributed by atoms with Crippen molar-refractivity contribution in [2.24, 2.45) is 7.05 Å². The van der Waals surface area contributed by atoms with E-state index in [0.717, 1.165) is 33.3 Å². The van der Waals surface area contributed by atoms with Gasteiger partial charge in [0.05, 0.1) is 12.5 Å². The van der Waals surface area contributed by atoms with Gasteiger partial charge in [-0.05, 0) is 36.8 Å². The van der Waals surface area contributed by atoms with Gasteiger partial charge in [-0.3, -0.25) is 0 Å². The molecule has 4 aromatic rings. The van der Waals surface area contributed by atoms with E-state index in [1.165, 1.54) is 6.08 Å². The molecule has 4 rings (SSSR count). The van der Waals surface area contributed by atoms with Crippen LogP contribution in [0.3, 0.4) is 0 Å². The van der Waals surface area contributed by atoms with Gasteiger partial charge in [-0.2, -0.15) is 0 Å². The van der Waals surface area contributed by atoms with Gasteiger partial charge in [0.1, 0.15) is 0 Å². The minimum Gasteiger partial charge on any atom is -0.463 e. The summed E-state index contributed by atoms with van der Waals surface area (Å²) in [6, 6.07) is 28.6. The highest BCUT2D eigenvalue weighted by molar-refractivity contribution is 5.93. The summed E-state index contributed by atoms with van der Waals surface area (Å²) in [6.07, 6.45) is 3.33. The summed E-state index contributed by atoms with van der Waals surface area (Å²) in [4.78, 5) is 12.1. The van der Waals surface area contributed by atoms with Crippen molar-refractivity contribution in [3.63, 3.8) is 0 Å². The Hall–Kier alpha value is -4.03. The molecule has 1 atom stereocenters. The summed E-state index contributed by atoms with van der Waals surface area (Å²) in [5.41, 5.74) is 5.19. The maximum Gasteiger partial charge on any atom is 0.330 e. The average molecular weight is 420 g/mol. The van der Waals surface area contributed by atoms with E-state index in [2.05, 4.69) is 40.7 Å². The van der Waals surface area contributed by atoms with E-state index in [1.807, 2.05) is 73.8 Å². The van der Waals surface area contributed by atoms with Crippen LogP contribution in [0.15, 0.2) is 91.0 Å². The molecule has 0 radical (unpaired) electrons. The third-order valence-electron chi connectivity index (χ3n) is 5.41. The highest BCUT2D eigenvalue weighted by Crippen LogP contribution is 2.36. The summed E-state index contributed by atoms with van der Waals surface area (Å²) in [7, 11) is 2.02. The van der Waals surface area contributed by atoms with Gasteiger partial charge in [-0.25, -0.2) is 4.79 Å². The van der Waals surface area contributed by atoms with Crippen molar-refractivity contribution in [2.45, 2.75) is 12.8 Å². The van der Waals surface area contributed by atoms with Gasteiger partial charge >= 0.3 is 5.97 Å². The monoisotopic (exact) mass is 419 g/mol. The molecule has 1 unspecified atom stereocenters. The molecule has 32 heavy (non-hydrogen) atoms. The number of nitrogens with zero attached hydrogens (tertiary/aromatic N) is 1. The molecule has 1 heterocycles. The molecule has 158 valence electrons. The Kier molecular flexibility index (Phi) is 6.53. The van der Waals surface area contributed by atoms with Crippen molar-refractivity contribution in [1.82, 2.24) is 4.57 Å². The van der Waals surface area contributed by atoms with E-state index < -0.39 is 0 Å². The third-order valence-corrected chi connectivity index (χ3v) is 5.41. The van der Waals surface area contributed by atoms with Crippen LogP contribution in [0, 0.1) is 11.8 Å². The van der Waals surface area contributed by atoms with Crippen molar-refractivity contribution >= 4 is 22.9 Å². The Balaban J connectivity index is 1.93. The second kappa shape index (κ2) is 9.85. The molecular formula is C29H25NO2. The zero-order chi connectivity index (χ0) is 22.3. The molecule has 3 nitrogen and oxygen atoms in total. The second-order valence-corrected chi connectivity index (χ2v) is 7.44. The fraction of sp³-hybridized carbons (Fsp3) is 0.138. The van der Waals surface area contributed by atoms with Crippen LogP contribution in [0.4, 0.5) is 0 Å². The summed E-state index contributed by atoms with van der Waals surface area (Å²) in [5.74, 6) is 6.35. The number of hydrogen-bond donors (Lipinski definition) is 0. The number of fused-ring (bicyclic) bond motifs is 1. The van der Waals surface area contributed by atoms with Gasteiger partial charge in [0.15, 0.2) is 0 Å². The van der Waals surface area contributed by atoms with Gasteiger partial charge in [0.25, 0.3) is 0 Å². The first-order valence-corrected chi connectivity index (χ1v) is 10.7. The number of rotatable bonds is 5. The first-order valence-electron chi connectivity index (χ1n) is 10.7. The van der Waals surface area contributed by atoms with Crippen molar-refractivity contribution in [2.75, 3.05) is 6.61 Å². The van der Waals surface area contributed by atoms with E-state index in [1.54, 1.807) is 6.92 Å². The number of ether oxygens (including phenoxy) is 1. The molecular weight excluding hydrogens is 394 g/mol. The van der Waals surface area contributed by atoms with E-state index in [-0.39, 0.29) is 11.9 Å². The van der Waals surface area contributed by atoms with E-state index in [0.29, 0.717) is 6.61 Å². The Morgan fingerprint density at radius 3 is 2.34 bits per heavy atom. The summed E-state index contributed by atoms with van der Waals surface area (Å²) < 4.78 is 7.22. The average Bonchev–Trinajstić information content (AvgIpc) is 3.11. The lowest BCUT2D eigenvalue weighted by Crippen LogP contribution is -2.03. The number of aryl methyl sites for hydroxylation is 1. The van der Waals surface area contributed by atoms with Crippen LogP contribution >= 0.6 is 0 Å². The topological polar surface area (TPSA) is 31.2 Å². The maximum atomic E-state index is 12.1. The largest absolute Gasteiger partial charge is 0.463 e. The van der Waals surface area contributed by atoms with Crippen LogP contribution in [0.1, 0.15) is 35.2 Å². The first-order chi connectivity index (χ1) is 15.7. The molecule has 0 N–H and O–H groups in total. The van der Waals surface area contributed by atoms with Gasteiger partial charge in [0, 0.05) is 40.8 Å². The Bertz CT molecular complexity index is 1310. The van der Waals surface area contributed by atoms with E-state index >= 15 is 0 Å². The quantitative estimate of drug-likeness (QED) is 0.228. The molecule has 0 aliphatic rings. The second-order valence-electron chi connectivity index (χ2n) is 7.44. The van der Waals surface area contributed by atoms with Crippen molar-refractivity contribution < 1.29 is 9.53 Å². The number of carbonyl (C=O) groups is 1. The fourth-order valence-electron chi connectivity index (χ4n) is 3.93. The lowest BCUT2D eigenvalue weighted by molar-refractivity contribution is -0.137. The van der Waals surface area contributed by atoms with Crippen molar-refractivity contribution in [1.29, 1.82) is 0 Å². The van der Waals surface area contributed by atoms with Gasteiger partial charge < -0.3 is 9.30 Å². The molecule has 0 fully saturated rings. The lowest BCUT2D eigenvalue weighted by Gasteiger charge is -2.13. The molecule has 0 saturated heterocycles. The SMILES string of the molecule is CCOC(=O)/C=C/c1c(C(C#Cc2ccccc2)c2ccccc2)c2ccccc2n1C. The zero-order valence-electron chi connectivity index (χ0n) is 18.3. The van der Waals surface area contributed by atoms with E-state index in [9.17, 15) is 4.79 Å². The van der Waals surface area contributed by atoms with Crippen molar-refractivity contribution in [3.8, 4) is 11.8 Å². The Morgan fingerprint density at radius 2 is 1.62 bits per heavy atom. The first kappa shape index (κ1) is 21.2. The summed E-state index contributed by atoms with van der Waals surface area (Å²) in [5, 5.41) is 1.12. The molecule has 3 aromatic carbocycles. The third kappa shape index (κ3) is 4.50. The number of aromatic nitrogens is 1. The van der Waals surface area contributed by atoms with Crippen LogP contribution in [-0.4, -0.2) is 17.1 Å². The highest BCUT2D eigenvalue weighted by Gasteiger charge is 2.22. The van der Waals surface area contributed by atoms with Crippen LogP contribution in [0.2, 0.25) is 0 Å². The molecule has 1 aromatic heterocycles. The van der Waals surface area contributed by atoms with Crippen LogP contribution in [0.5, 0.6) is 0 Å². The fourth-order valence-corrected chi connectivity index (χ4v) is 3.93. The van der Waals surface area contributed by atoms with Crippen molar-refractivity contribution in [3.05, 3.63) is 113 Å². The number of hydrogen-bond acceptors (Lipinski definition) is 2. The lowest BCUT2D eigenvalue weighted by atomic mass is 9.89. The molecule has 3 heteroatoms. The molecule has 0 spiro atoms.